The maximum absolute atomic E-state index is 10.4. The Balaban J connectivity index is 1.74. The van der Waals surface area contributed by atoms with Gasteiger partial charge in [0.1, 0.15) is 36.0 Å². The second kappa shape index (κ2) is 6.93. The first-order chi connectivity index (χ1) is 11.6. The predicted octanol–water partition coefficient (Wildman–Crippen LogP) is 2.28. The van der Waals surface area contributed by atoms with Crippen LogP contribution >= 0.6 is 0 Å². The summed E-state index contributed by atoms with van der Waals surface area (Å²) in [5.74, 6) is 1.40. The van der Waals surface area contributed by atoms with Gasteiger partial charge in [-0.3, -0.25) is 5.73 Å². The largest absolute Gasteiger partial charge is 0.491 e. The van der Waals surface area contributed by atoms with Crippen molar-refractivity contribution < 1.29 is 14.4 Å². The molecule has 0 fully saturated rings. The van der Waals surface area contributed by atoms with Crippen molar-refractivity contribution >= 4 is 17.0 Å². The Morgan fingerprint density at radius 2 is 1.88 bits per heavy atom. The van der Waals surface area contributed by atoms with E-state index in [4.69, 9.17) is 10.5 Å². The number of nitrogen functional groups attached to an aromatic ring is 1. The molecule has 0 unspecified atom stereocenters. The van der Waals surface area contributed by atoms with Crippen LogP contribution in [0.2, 0.25) is 0 Å². The van der Waals surface area contributed by atoms with Crippen LogP contribution in [-0.2, 0) is 13.1 Å². The summed E-state index contributed by atoms with van der Waals surface area (Å²) >= 11 is 0. The molecule has 0 saturated heterocycles. The number of rotatable bonds is 6. The van der Waals surface area contributed by atoms with Crippen molar-refractivity contribution in [2.75, 3.05) is 12.3 Å². The Labute approximate surface area is 141 Å². The zero-order valence-electron chi connectivity index (χ0n) is 14.1. The molecule has 3 N–H and O–H groups in total. The van der Waals surface area contributed by atoms with Gasteiger partial charge in [0.05, 0.1) is 6.54 Å². The minimum atomic E-state index is -0.644. The molecule has 0 bridgehead atoms. The molecular weight excluding hydrogens is 302 g/mol. The molecule has 2 aromatic carbocycles. The summed E-state index contributed by atoms with van der Waals surface area (Å²) in [6.45, 7) is 5.49. The fourth-order valence-electron chi connectivity index (χ4n) is 2.93. The second-order valence-corrected chi connectivity index (χ2v) is 5.98. The molecule has 0 spiro atoms. The molecule has 0 aliphatic rings. The number of benzene rings is 2. The number of aromatic nitrogens is 2. The van der Waals surface area contributed by atoms with Gasteiger partial charge in [-0.2, -0.15) is 0 Å². The number of fused-ring (bicyclic) bond motifs is 1. The lowest BCUT2D eigenvalue weighted by Gasteiger charge is -2.12. The van der Waals surface area contributed by atoms with Crippen LogP contribution in [0.15, 0.2) is 48.5 Å². The van der Waals surface area contributed by atoms with Crippen LogP contribution in [0.3, 0.4) is 0 Å². The first-order valence-electron chi connectivity index (χ1n) is 8.24. The average molecular weight is 326 g/mol. The van der Waals surface area contributed by atoms with Gasteiger partial charge in [0, 0.05) is 0 Å². The minimum Gasteiger partial charge on any atom is -0.491 e. The third-order valence-electron chi connectivity index (χ3n) is 4.19. The lowest BCUT2D eigenvalue weighted by Crippen LogP contribution is -2.43. The zero-order valence-corrected chi connectivity index (χ0v) is 14.1. The van der Waals surface area contributed by atoms with Crippen molar-refractivity contribution in [2.45, 2.75) is 33.0 Å². The molecule has 0 aliphatic heterocycles. The van der Waals surface area contributed by atoms with E-state index >= 15 is 0 Å². The number of aliphatic hydroxyl groups is 1. The summed E-state index contributed by atoms with van der Waals surface area (Å²) in [6.07, 6.45) is -0.644. The van der Waals surface area contributed by atoms with Crippen LogP contribution in [0.1, 0.15) is 12.5 Å². The number of anilines is 1. The lowest BCUT2D eigenvalue weighted by molar-refractivity contribution is -0.665. The normalized spacial score (nSPS) is 12.5. The van der Waals surface area contributed by atoms with Crippen LogP contribution < -0.4 is 15.0 Å². The van der Waals surface area contributed by atoms with Crippen molar-refractivity contribution in [2.24, 2.45) is 0 Å². The summed E-state index contributed by atoms with van der Waals surface area (Å²) in [4.78, 5) is 0. The Morgan fingerprint density at radius 1 is 1.17 bits per heavy atom. The Morgan fingerprint density at radius 3 is 2.58 bits per heavy atom. The fourth-order valence-corrected chi connectivity index (χ4v) is 2.93. The van der Waals surface area contributed by atoms with Crippen LogP contribution in [0.25, 0.3) is 11.0 Å². The van der Waals surface area contributed by atoms with Crippen LogP contribution in [-0.4, -0.2) is 22.4 Å². The molecule has 1 aromatic heterocycles. The molecule has 24 heavy (non-hydrogen) atoms. The summed E-state index contributed by atoms with van der Waals surface area (Å²) in [6, 6.07) is 15.8. The van der Waals surface area contributed by atoms with Gasteiger partial charge in [-0.25, -0.2) is 9.13 Å². The van der Waals surface area contributed by atoms with Gasteiger partial charge in [0.15, 0.2) is 0 Å². The van der Waals surface area contributed by atoms with E-state index in [1.54, 1.807) is 0 Å². The number of ether oxygens (including phenoxy) is 1. The van der Waals surface area contributed by atoms with E-state index in [-0.39, 0.29) is 6.61 Å². The van der Waals surface area contributed by atoms with E-state index in [9.17, 15) is 5.11 Å². The first kappa shape index (κ1) is 16.3. The Hall–Kier alpha value is -2.53. The van der Waals surface area contributed by atoms with Gasteiger partial charge in [-0.1, -0.05) is 29.8 Å². The van der Waals surface area contributed by atoms with Crippen molar-refractivity contribution in [3.8, 4) is 5.75 Å². The van der Waals surface area contributed by atoms with Gasteiger partial charge in [-0.05, 0) is 38.1 Å². The highest BCUT2D eigenvalue weighted by atomic mass is 16.5. The summed E-state index contributed by atoms with van der Waals surface area (Å²) in [5, 5.41) is 10.4. The smallest absolute Gasteiger partial charge is 0.356 e. The van der Waals surface area contributed by atoms with E-state index in [1.165, 1.54) is 5.56 Å². The van der Waals surface area contributed by atoms with Gasteiger partial charge >= 0.3 is 5.95 Å². The van der Waals surface area contributed by atoms with E-state index in [0.29, 0.717) is 12.5 Å². The van der Waals surface area contributed by atoms with Crippen molar-refractivity contribution in [3.05, 3.63) is 54.1 Å². The van der Waals surface area contributed by atoms with Crippen LogP contribution in [0, 0.1) is 6.92 Å². The molecule has 5 heteroatoms. The Kier molecular flexibility index (Phi) is 4.71. The van der Waals surface area contributed by atoms with Crippen molar-refractivity contribution in [1.82, 2.24) is 4.57 Å². The first-order valence-corrected chi connectivity index (χ1v) is 8.24. The summed E-state index contributed by atoms with van der Waals surface area (Å²) < 4.78 is 9.66. The van der Waals surface area contributed by atoms with E-state index in [0.717, 1.165) is 23.3 Å². The number of aryl methyl sites for hydroxylation is 2. The number of aliphatic hydroxyl groups excluding tert-OH is 1. The number of hydrogen-bond acceptors (Lipinski definition) is 3. The van der Waals surface area contributed by atoms with Crippen LogP contribution in [0.4, 0.5) is 5.95 Å². The monoisotopic (exact) mass is 326 g/mol. The van der Waals surface area contributed by atoms with E-state index < -0.39 is 6.10 Å². The van der Waals surface area contributed by atoms with Crippen molar-refractivity contribution in [1.29, 1.82) is 0 Å². The van der Waals surface area contributed by atoms with Gasteiger partial charge in [0.2, 0.25) is 0 Å². The number of para-hydroxylation sites is 2. The molecule has 1 heterocycles. The maximum atomic E-state index is 10.4. The van der Waals surface area contributed by atoms with Gasteiger partial charge < -0.3 is 9.84 Å². The van der Waals surface area contributed by atoms with Crippen molar-refractivity contribution in [3.63, 3.8) is 0 Å². The molecule has 3 aromatic rings. The highest BCUT2D eigenvalue weighted by Gasteiger charge is 2.22. The predicted molar refractivity (Wildman–Crippen MR) is 94.9 cm³/mol. The molecule has 0 saturated carbocycles. The Bertz CT molecular complexity index is 824. The number of hydrogen-bond donors (Lipinski definition) is 2. The summed E-state index contributed by atoms with van der Waals surface area (Å²) in [7, 11) is 0. The summed E-state index contributed by atoms with van der Waals surface area (Å²) in [5.41, 5.74) is 9.55. The third kappa shape index (κ3) is 3.21. The molecule has 0 amide bonds. The molecule has 126 valence electrons. The highest BCUT2D eigenvalue weighted by molar-refractivity contribution is 5.73. The zero-order chi connectivity index (χ0) is 17.1. The standard InChI is InChI=1S/C19H23N3O2/c1-3-21-17-6-4-5-7-18(17)22(19(21)20)12-15(23)13-24-16-10-8-14(2)9-11-16/h4-11,15,20,23H,3,12-13H2,1-2H3/p+1/t15-/m1/s1. The molecule has 0 radical (unpaired) electrons. The molecule has 3 rings (SSSR count). The average Bonchev–Trinajstić information content (AvgIpc) is 2.86. The lowest BCUT2D eigenvalue weighted by atomic mass is 10.2. The molecule has 5 nitrogen and oxygen atoms in total. The molecular formula is C19H24N3O2+. The number of nitrogens with zero attached hydrogens (tertiary/aromatic N) is 2. The molecule has 1 atom stereocenters. The third-order valence-corrected chi connectivity index (χ3v) is 4.19. The number of imidazole rings is 1. The van der Waals surface area contributed by atoms with Gasteiger partial charge in [-0.15, -0.1) is 0 Å². The second-order valence-electron chi connectivity index (χ2n) is 5.98. The number of nitrogens with two attached hydrogens (primary N) is 1. The minimum absolute atomic E-state index is 0.223. The maximum Gasteiger partial charge on any atom is 0.356 e. The van der Waals surface area contributed by atoms with Crippen LogP contribution in [0.5, 0.6) is 5.75 Å². The topological polar surface area (TPSA) is 64.3 Å². The SMILES string of the molecule is CCn1c(N)[n+](C[C@@H](O)COc2ccc(C)cc2)c2ccccc21. The quantitative estimate of drug-likeness (QED) is 0.683. The fraction of sp³-hybridized carbons (Fsp3) is 0.316. The van der Waals surface area contributed by atoms with E-state index in [2.05, 4.69) is 6.92 Å². The molecule has 0 aliphatic carbocycles. The van der Waals surface area contributed by atoms with Gasteiger partial charge in [0.25, 0.3) is 0 Å². The van der Waals surface area contributed by atoms with E-state index in [1.807, 2.05) is 64.6 Å². The highest BCUT2D eigenvalue weighted by Crippen LogP contribution is 2.16.